The molecule has 2 N–H and O–H groups in total. The number of hydrogen-bond acceptors (Lipinski definition) is 6. The van der Waals surface area contributed by atoms with E-state index in [0.717, 1.165) is 11.1 Å². The summed E-state index contributed by atoms with van der Waals surface area (Å²) in [5.74, 6) is 1.48. The molecule has 6 heteroatoms. The first-order chi connectivity index (χ1) is 12.6. The molecule has 0 aromatic heterocycles. The molecule has 2 rings (SSSR count). The molecule has 0 fully saturated rings. The van der Waals surface area contributed by atoms with E-state index in [9.17, 15) is 4.79 Å². The van der Waals surface area contributed by atoms with Gasteiger partial charge in [0.15, 0.2) is 11.5 Å². The predicted molar refractivity (Wildman–Crippen MR) is 101 cm³/mol. The summed E-state index contributed by atoms with van der Waals surface area (Å²) in [6.07, 6.45) is 3.72. The smallest absolute Gasteiger partial charge is 0.310 e. The van der Waals surface area contributed by atoms with Gasteiger partial charge in [-0.1, -0.05) is 18.2 Å². The Hall–Kier alpha value is -3.15. The summed E-state index contributed by atoms with van der Waals surface area (Å²) in [7, 11) is 4.70. The Morgan fingerprint density at radius 1 is 1.00 bits per heavy atom. The second kappa shape index (κ2) is 9.36. The Balaban J connectivity index is 1.96. The molecule has 0 spiro atoms. The summed E-state index contributed by atoms with van der Waals surface area (Å²) in [4.78, 5) is 11.9. The SMILES string of the molecule is COc1cc(OC)c(OC)cc1/C=C/COC(=O)Cc1cccc(N)c1. The molecule has 0 aliphatic carbocycles. The van der Waals surface area contributed by atoms with Crippen molar-refractivity contribution >= 4 is 17.7 Å². The molecule has 2 aromatic rings. The van der Waals surface area contributed by atoms with Gasteiger partial charge < -0.3 is 24.7 Å². The van der Waals surface area contributed by atoms with E-state index in [-0.39, 0.29) is 19.0 Å². The quantitative estimate of drug-likeness (QED) is 0.578. The van der Waals surface area contributed by atoms with Crippen LogP contribution in [-0.4, -0.2) is 33.9 Å². The third-order valence-electron chi connectivity index (χ3n) is 3.67. The second-order valence-electron chi connectivity index (χ2n) is 5.46. The highest BCUT2D eigenvalue weighted by atomic mass is 16.5. The number of carbonyl (C=O) groups excluding carboxylic acids is 1. The number of esters is 1. The van der Waals surface area contributed by atoms with Crippen LogP contribution in [0.4, 0.5) is 5.69 Å². The third-order valence-corrected chi connectivity index (χ3v) is 3.67. The average molecular weight is 357 g/mol. The van der Waals surface area contributed by atoms with Crippen molar-refractivity contribution in [3.63, 3.8) is 0 Å². The Morgan fingerprint density at radius 2 is 1.69 bits per heavy atom. The third kappa shape index (κ3) is 5.17. The van der Waals surface area contributed by atoms with Crippen LogP contribution in [0.15, 0.2) is 42.5 Å². The molecule has 0 unspecified atom stereocenters. The first-order valence-corrected chi connectivity index (χ1v) is 8.04. The van der Waals surface area contributed by atoms with E-state index in [0.29, 0.717) is 22.9 Å². The number of carbonyl (C=O) groups is 1. The van der Waals surface area contributed by atoms with Crippen molar-refractivity contribution in [2.75, 3.05) is 33.7 Å². The van der Waals surface area contributed by atoms with Crippen molar-refractivity contribution in [1.82, 2.24) is 0 Å². The maximum absolute atomic E-state index is 11.9. The molecule has 0 bridgehead atoms. The molecular formula is C20H23NO5. The van der Waals surface area contributed by atoms with Crippen molar-refractivity contribution in [3.05, 3.63) is 53.6 Å². The Bertz CT molecular complexity index is 786. The van der Waals surface area contributed by atoms with Gasteiger partial charge in [-0.05, 0) is 29.8 Å². The first kappa shape index (κ1) is 19.2. The lowest BCUT2D eigenvalue weighted by Crippen LogP contribution is -2.08. The predicted octanol–water partition coefficient (Wildman–Crippen LogP) is 3.09. The Morgan fingerprint density at radius 3 is 2.35 bits per heavy atom. The zero-order valence-corrected chi connectivity index (χ0v) is 15.2. The number of ether oxygens (including phenoxy) is 4. The number of methoxy groups -OCH3 is 3. The van der Waals surface area contributed by atoms with Crippen LogP contribution in [0.3, 0.4) is 0 Å². The topological polar surface area (TPSA) is 80.0 Å². The molecule has 0 saturated carbocycles. The standard InChI is InChI=1S/C20H23NO5/c1-23-17-13-19(25-3)18(24-2)12-15(17)7-5-9-26-20(22)11-14-6-4-8-16(21)10-14/h4-8,10,12-13H,9,11,21H2,1-3H3/b7-5+. The Kier molecular flexibility index (Phi) is 6.91. The molecule has 6 nitrogen and oxygen atoms in total. The highest BCUT2D eigenvalue weighted by Crippen LogP contribution is 2.35. The molecule has 138 valence electrons. The van der Waals surface area contributed by atoms with Crippen LogP contribution in [0.2, 0.25) is 0 Å². The van der Waals surface area contributed by atoms with Crippen LogP contribution >= 0.6 is 0 Å². The normalized spacial score (nSPS) is 10.6. The van der Waals surface area contributed by atoms with E-state index < -0.39 is 0 Å². The number of anilines is 1. The van der Waals surface area contributed by atoms with Gasteiger partial charge in [0.1, 0.15) is 12.4 Å². The van der Waals surface area contributed by atoms with Gasteiger partial charge in [-0.15, -0.1) is 0 Å². The number of hydrogen-bond donors (Lipinski definition) is 1. The van der Waals surface area contributed by atoms with Gasteiger partial charge in [0.25, 0.3) is 0 Å². The summed E-state index contributed by atoms with van der Waals surface area (Å²) in [5.41, 5.74) is 7.93. The fraction of sp³-hybridized carbons (Fsp3) is 0.250. The summed E-state index contributed by atoms with van der Waals surface area (Å²) < 4.78 is 21.1. The van der Waals surface area contributed by atoms with E-state index >= 15 is 0 Å². The lowest BCUT2D eigenvalue weighted by Gasteiger charge is -2.12. The van der Waals surface area contributed by atoms with Crippen molar-refractivity contribution in [2.24, 2.45) is 0 Å². The minimum absolute atomic E-state index is 0.151. The van der Waals surface area contributed by atoms with Crippen LogP contribution < -0.4 is 19.9 Å². The van der Waals surface area contributed by atoms with Gasteiger partial charge >= 0.3 is 5.97 Å². The lowest BCUT2D eigenvalue weighted by atomic mass is 10.1. The molecular weight excluding hydrogens is 334 g/mol. The van der Waals surface area contributed by atoms with Crippen LogP contribution in [0.25, 0.3) is 6.08 Å². The fourth-order valence-corrected chi connectivity index (χ4v) is 2.42. The summed E-state index contributed by atoms with van der Waals surface area (Å²) in [6, 6.07) is 10.7. The molecule has 0 atom stereocenters. The van der Waals surface area contributed by atoms with E-state index in [4.69, 9.17) is 24.7 Å². The molecule has 0 heterocycles. The van der Waals surface area contributed by atoms with E-state index in [1.807, 2.05) is 6.07 Å². The van der Waals surface area contributed by atoms with Crippen molar-refractivity contribution in [1.29, 1.82) is 0 Å². The average Bonchev–Trinajstić information content (AvgIpc) is 2.64. The molecule has 2 aromatic carbocycles. The number of benzene rings is 2. The summed E-state index contributed by atoms with van der Waals surface area (Å²) in [5, 5.41) is 0. The van der Waals surface area contributed by atoms with Gasteiger partial charge in [-0.3, -0.25) is 4.79 Å². The van der Waals surface area contributed by atoms with Gasteiger partial charge in [-0.25, -0.2) is 0 Å². The minimum atomic E-state index is -0.320. The molecule has 0 amide bonds. The van der Waals surface area contributed by atoms with Gasteiger partial charge in [-0.2, -0.15) is 0 Å². The number of rotatable bonds is 8. The van der Waals surface area contributed by atoms with Crippen molar-refractivity contribution < 1.29 is 23.7 Å². The lowest BCUT2D eigenvalue weighted by molar-refractivity contribution is -0.141. The van der Waals surface area contributed by atoms with Crippen LogP contribution in [0.1, 0.15) is 11.1 Å². The highest BCUT2D eigenvalue weighted by Gasteiger charge is 2.10. The summed E-state index contributed by atoms with van der Waals surface area (Å²) in [6.45, 7) is 0.151. The largest absolute Gasteiger partial charge is 0.496 e. The van der Waals surface area contributed by atoms with Crippen molar-refractivity contribution in [3.8, 4) is 17.2 Å². The summed E-state index contributed by atoms with van der Waals surface area (Å²) >= 11 is 0. The van der Waals surface area contributed by atoms with Crippen LogP contribution in [0, 0.1) is 0 Å². The first-order valence-electron chi connectivity index (χ1n) is 8.04. The van der Waals surface area contributed by atoms with Gasteiger partial charge in [0.05, 0.1) is 27.8 Å². The van der Waals surface area contributed by atoms with Gasteiger partial charge in [0.2, 0.25) is 0 Å². The number of nitrogens with two attached hydrogens (primary N) is 1. The monoisotopic (exact) mass is 357 g/mol. The fourth-order valence-electron chi connectivity index (χ4n) is 2.42. The van der Waals surface area contributed by atoms with Crippen LogP contribution in [0.5, 0.6) is 17.2 Å². The molecule has 26 heavy (non-hydrogen) atoms. The van der Waals surface area contributed by atoms with Crippen molar-refractivity contribution in [2.45, 2.75) is 6.42 Å². The van der Waals surface area contributed by atoms with E-state index in [1.54, 1.807) is 63.8 Å². The molecule has 0 radical (unpaired) electrons. The molecule has 0 aliphatic heterocycles. The second-order valence-corrected chi connectivity index (χ2v) is 5.46. The Labute approximate surface area is 153 Å². The van der Waals surface area contributed by atoms with E-state index in [1.165, 1.54) is 0 Å². The zero-order valence-electron chi connectivity index (χ0n) is 15.2. The highest BCUT2D eigenvalue weighted by molar-refractivity contribution is 5.73. The maximum Gasteiger partial charge on any atom is 0.310 e. The van der Waals surface area contributed by atoms with E-state index in [2.05, 4.69) is 0 Å². The zero-order chi connectivity index (χ0) is 18.9. The van der Waals surface area contributed by atoms with Crippen LogP contribution in [-0.2, 0) is 16.0 Å². The van der Waals surface area contributed by atoms with Gasteiger partial charge in [0, 0.05) is 17.3 Å². The molecule has 0 aliphatic rings. The molecule has 0 saturated heterocycles. The number of nitrogen functional groups attached to an aromatic ring is 1. The maximum atomic E-state index is 11.9. The minimum Gasteiger partial charge on any atom is -0.496 e.